The molecule has 0 spiro atoms. The molecule has 0 aliphatic carbocycles. The minimum absolute atomic E-state index is 0.170. The first-order valence-corrected chi connectivity index (χ1v) is 6.46. The molecule has 0 aromatic heterocycles. The highest BCUT2D eigenvalue weighted by Gasteiger charge is 2.10. The number of hydrogen-bond donors (Lipinski definition) is 2. The fourth-order valence-corrected chi connectivity index (χ4v) is 1.53. The Morgan fingerprint density at radius 1 is 1.39 bits per heavy atom. The first-order valence-electron chi connectivity index (χ1n) is 5.39. The first kappa shape index (κ1) is 14.9. The predicted molar refractivity (Wildman–Crippen MR) is 74.5 cm³/mol. The molecule has 5 nitrogen and oxygen atoms in total. The van der Waals surface area contributed by atoms with Gasteiger partial charge in [0, 0.05) is 15.7 Å². The molecule has 1 aromatic carbocycles. The summed E-state index contributed by atoms with van der Waals surface area (Å²) in [7, 11) is 0. The number of ether oxygens (including phenoxy) is 1. The lowest BCUT2D eigenvalue weighted by Crippen LogP contribution is -2.30. The van der Waals surface area contributed by atoms with Crippen LogP contribution < -0.4 is 5.32 Å². The fourth-order valence-electron chi connectivity index (χ4n) is 1.17. The highest BCUT2D eigenvalue weighted by Crippen LogP contribution is 2.06. The zero-order valence-electron chi connectivity index (χ0n) is 9.85. The minimum atomic E-state index is -1.01. The van der Waals surface area contributed by atoms with Gasteiger partial charge in [-0.15, -0.1) is 0 Å². The van der Waals surface area contributed by atoms with E-state index < -0.39 is 12.1 Å². The van der Waals surface area contributed by atoms with Crippen LogP contribution in [0.3, 0.4) is 0 Å². The molecule has 1 unspecified atom stereocenters. The van der Waals surface area contributed by atoms with Gasteiger partial charge in [0.25, 0.3) is 5.91 Å². The Hall–Kier alpha value is -1.15. The van der Waals surface area contributed by atoms with E-state index in [1.807, 2.05) is 12.1 Å². The largest absolute Gasteiger partial charge is 0.479 e. The van der Waals surface area contributed by atoms with Gasteiger partial charge in [0.2, 0.25) is 0 Å². The number of carboxylic acids is 1. The second kappa shape index (κ2) is 7.32. The van der Waals surface area contributed by atoms with Gasteiger partial charge in [0.05, 0.1) is 6.61 Å². The van der Waals surface area contributed by atoms with Gasteiger partial charge in [0.1, 0.15) is 0 Å². The maximum Gasteiger partial charge on any atom is 0.332 e. The zero-order chi connectivity index (χ0) is 13.5. The van der Waals surface area contributed by atoms with E-state index in [4.69, 9.17) is 9.84 Å². The standard InChI is InChI=1S/C12H14INO4/c1-8(12(16)17)18-7-6-14-11(15)9-2-4-10(13)5-3-9/h2-5,8H,6-7H2,1H3,(H,14,15)(H,16,17). The van der Waals surface area contributed by atoms with Crippen LogP contribution in [0, 0.1) is 3.57 Å². The Morgan fingerprint density at radius 3 is 2.56 bits per heavy atom. The molecule has 6 heteroatoms. The first-order chi connectivity index (χ1) is 8.50. The maximum absolute atomic E-state index is 11.6. The smallest absolute Gasteiger partial charge is 0.332 e. The number of nitrogens with one attached hydrogen (secondary N) is 1. The van der Waals surface area contributed by atoms with Crippen LogP contribution in [-0.2, 0) is 9.53 Å². The summed E-state index contributed by atoms with van der Waals surface area (Å²) in [6.45, 7) is 1.90. The molecule has 0 radical (unpaired) electrons. The summed E-state index contributed by atoms with van der Waals surface area (Å²) in [5, 5.41) is 11.2. The number of carboxylic acid groups (broad SMARTS) is 1. The quantitative estimate of drug-likeness (QED) is 0.594. The third-order valence-electron chi connectivity index (χ3n) is 2.21. The Bertz CT molecular complexity index is 419. The van der Waals surface area contributed by atoms with Gasteiger partial charge in [-0.2, -0.15) is 0 Å². The molecule has 1 atom stereocenters. The van der Waals surface area contributed by atoms with Crippen molar-refractivity contribution >= 4 is 34.5 Å². The fraction of sp³-hybridized carbons (Fsp3) is 0.333. The lowest BCUT2D eigenvalue weighted by molar-refractivity contribution is -0.148. The van der Waals surface area contributed by atoms with Gasteiger partial charge in [-0.25, -0.2) is 4.79 Å². The van der Waals surface area contributed by atoms with Crippen molar-refractivity contribution < 1.29 is 19.4 Å². The highest BCUT2D eigenvalue weighted by atomic mass is 127. The summed E-state index contributed by atoms with van der Waals surface area (Å²) in [5.41, 5.74) is 0.571. The van der Waals surface area contributed by atoms with Gasteiger partial charge in [0.15, 0.2) is 6.10 Å². The second-order valence-electron chi connectivity index (χ2n) is 3.61. The molecular weight excluding hydrogens is 349 g/mol. The van der Waals surface area contributed by atoms with Crippen molar-refractivity contribution in [2.24, 2.45) is 0 Å². The molecule has 1 rings (SSSR count). The lowest BCUT2D eigenvalue weighted by atomic mass is 10.2. The van der Waals surface area contributed by atoms with Crippen molar-refractivity contribution in [1.82, 2.24) is 5.32 Å². The van der Waals surface area contributed by atoms with Crippen LogP contribution in [0.15, 0.2) is 24.3 Å². The molecule has 1 aromatic rings. The molecule has 98 valence electrons. The third kappa shape index (κ3) is 5.01. The van der Waals surface area contributed by atoms with Crippen LogP contribution >= 0.6 is 22.6 Å². The summed E-state index contributed by atoms with van der Waals surface area (Å²) >= 11 is 2.16. The van der Waals surface area contributed by atoms with Gasteiger partial charge in [-0.1, -0.05) is 0 Å². The Kier molecular flexibility index (Phi) is 6.06. The van der Waals surface area contributed by atoms with Gasteiger partial charge in [-0.3, -0.25) is 4.79 Å². The van der Waals surface area contributed by atoms with Gasteiger partial charge >= 0.3 is 5.97 Å². The number of hydrogen-bond acceptors (Lipinski definition) is 3. The van der Waals surface area contributed by atoms with Crippen molar-refractivity contribution in [1.29, 1.82) is 0 Å². The van der Waals surface area contributed by atoms with Crippen molar-refractivity contribution in [2.45, 2.75) is 13.0 Å². The molecule has 18 heavy (non-hydrogen) atoms. The molecular formula is C12H14INO4. The summed E-state index contributed by atoms with van der Waals surface area (Å²) in [6, 6.07) is 7.16. The minimum Gasteiger partial charge on any atom is -0.479 e. The highest BCUT2D eigenvalue weighted by molar-refractivity contribution is 14.1. The van der Waals surface area contributed by atoms with E-state index in [1.54, 1.807) is 12.1 Å². The third-order valence-corrected chi connectivity index (χ3v) is 2.93. The van der Waals surface area contributed by atoms with Crippen LogP contribution in [-0.4, -0.2) is 36.2 Å². The number of rotatable bonds is 6. The van der Waals surface area contributed by atoms with Crippen LogP contribution in [0.25, 0.3) is 0 Å². The average molecular weight is 363 g/mol. The number of benzene rings is 1. The van der Waals surface area contributed by atoms with E-state index in [-0.39, 0.29) is 19.1 Å². The molecule has 0 saturated carbocycles. The molecule has 2 N–H and O–H groups in total. The summed E-state index contributed by atoms with van der Waals surface area (Å²) in [5.74, 6) is -1.21. The summed E-state index contributed by atoms with van der Waals surface area (Å²) in [4.78, 5) is 22.1. The molecule has 0 bridgehead atoms. The second-order valence-corrected chi connectivity index (χ2v) is 4.86. The van der Waals surface area contributed by atoms with Crippen LogP contribution in [0.5, 0.6) is 0 Å². The number of halogens is 1. The number of carbonyl (C=O) groups excluding carboxylic acids is 1. The number of carbonyl (C=O) groups is 2. The molecule has 0 aliphatic rings. The number of amides is 1. The van der Waals surface area contributed by atoms with E-state index in [0.29, 0.717) is 5.56 Å². The van der Waals surface area contributed by atoms with Crippen LogP contribution in [0.1, 0.15) is 17.3 Å². The zero-order valence-corrected chi connectivity index (χ0v) is 12.0. The van der Waals surface area contributed by atoms with Gasteiger partial charge < -0.3 is 15.2 Å². The molecule has 0 fully saturated rings. The van der Waals surface area contributed by atoms with Crippen LogP contribution in [0.4, 0.5) is 0 Å². The van der Waals surface area contributed by atoms with Crippen molar-refractivity contribution in [3.05, 3.63) is 33.4 Å². The molecule has 0 aliphatic heterocycles. The normalized spacial score (nSPS) is 11.9. The topological polar surface area (TPSA) is 75.6 Å². The van der Waals surface area contributed by atoms with E-state index in [2.05, 4.69) is 27.9 Å². The molecule has 0 heterocycles. The Morgan fingerprint density at radius 2 is 2.00 bits per heavy atom. The Balaban J connectivity index is 2.29. The number of aliphatic carboxylic acids is 1. The van der Waals surface area contributed by atoms with Crippen molar-refractivity contribution in [3.8, 4) is 0 Å². The van der Waals surface area contributed by atoms with Crippen LogP contribution in [0.2, 0.25) is 0 Å². The van der Waals surface area contributed by atoms with E-state index in [0.717, 1.165) is 3.57 Å². The SMILES string of the molecule is CC(OCCNC(=O)c1ccc(I)cc1)C(=O)O. The van der Waals surface area contributed by atoms with Gasteiger partial charge in [-0.05, 0) is 53.8 Å². The van der Waals surface area contributed by atoms with E-state index in [9.17, 15) is 9.59 Å². The predicted octanol–water partition coefficient (Wildman–Crippen LogP) is 1.51. The van der Waals surface area contributed by atoms with E-state index in [1.165, 1.54) is 6.92 Å². The van der Waals surface area contributed by atoms with Crippen molar-refractivity contribution in [3.63, 3.8) is 0 Å². The maximum atomic E-state index is 11.6. The average Bonchev–Trinajstić information content (AvgIpc) is 2.34. The monoisotopic (exact) mass is 363 g/mol. The van der Waals surface area contributed by atoms with E-state index >= 15 is 0 Å². The molecule has 1 amide bonds. The lowest BCUT2D eigenvalue weighted by Gasteiger charge is -2.09. The summed E-state index contributed by atoms with van der Waals surface area (Å²) in [6.07, 6.45) is -0.861. The van der Waals surface area contributed by atoms with Crippen molar-refractivity contribution in [2.75, 3.05) is 13.2 Å². The summed E-state index contributed by atoms with van der Waals surface area (Å²) < 4.78 is 6.05. The molecule has 0 saturated heterocycles. The Labute approximate surface area is 119 Å².